The van der Waals surface area contributed by atoms with Crippen LogP contribution in [-0.4, -0.2) is 36.2 Å². The van der Waals surface area contributed by atoms with Crippen LogP contribution in [0, 0.1) is 6.92 Å². The zero-order valence-electron chi connectivity index (χ0n) is 10.5. The molecule has 1 aliphatic rings. The van der Waals surface area contributed by atoms with E-state index in [2.05, 4.69) is 20.6 Å². The molecule has 1 atom stereocenters. The topological polar surface area (TPSA) is 59.1 Å². The van der Waals surface area contributed by atoms with Crippen molar-refractivity contribution in [3.05, 3.63) is 11.9 Å². The van der Waals surface area contributed by atoms with Crippen molar-refractivity contribution >= 4 is 5.82 Å². The lowest BCUT2D eigenvalue weighted by Gasteiger charge is -2.13. The van der Waals surface area contributed by atoms with E-state index >= 15 is 0 Å². The molecule has 17 heavy (non-hydrogen) atoms. The van der Waals surface area contributed by atoms with E-state index in [-0.39, 0.29) is 0 Å². The lowest BCUT2D eigenvalue weighted by molar-refractivity contribution is 0.393. The van der Waals surface area contributed by atoms with Crippen LogP contribution in [-0.2, 0) is 0 Å². The molecule has 2 rings (SSSR count). The molecule has 1 aliphatic heterocycles. The van der Waals surface area contributed by atoms with E-state index in [0.717, 1.165) is 30.9 Å². The van der Waals surface area contributed by atoms with Gasteiger partial charge in [-0.1, -0.05) is 0 Å². The van der Waals surface area contributed by atoms with Gasteiger partial charge in [0.05, 0.1) is 12.7 Å². The minimum Gasteiger partial charge on any atom is -0.481 e. The van der Waals surface area contributed by atoms with Crippen LogP contribution in [0.3, 0.4) is 0 Å². The van der Waals surface area contributed by atoms with E-state index in [1.807, 2.05) is 6.92 Å². The van der Waals surface area contributed by atoms with Gasteiger partial charge in [-0.3, -0.25) is 0 Å². The Bertz CT molecular complexity index is 364. The first-order valence-electron chi connectivity index (χ1n) is 6.14. The zero-order chi connectivity index (χ0) is 12.1. The first kappa shape index (κ1) is 12.1. The SMILES string of the molecule is COc1ncnc(NCC[C@H]2CCCN2)c1C. The molecule has 1 aromatic heterocycles. The highest BCUT2D eigenvalue weighted by atomic mass is 16.5. The van der Waals surface area contributed by atoms with Gasteiger partial charge in [-0.2, -0.15) is 0 Å². The van der Waals surface area contributed by atoms with Crippen LogP contribution < -0.4 is 15.4 Å². The molecule has 2 N–H and O–H groups in total. The van der Waals surface area contributed by atoms with Gasteiger partial charge in [0.15, 0.2) is 0 Å². The summed E-state index contributed by atoms with van der Waals surface area (Å²) in [5.74, 6) is 1.51. The third-order valence-corrected chi connectivity index (χ3v) is 3.18. The number of hydrogen-bond acceptors (Lipinski definition) is 5. The van der Waals surface area contributed by atoms with Gasteiger partial charge in [0.1, 0.15) is 12.1 Å². The van der Waals surface area contributed by atoms with Crippen LogP contribution in [0.25, 0.3) is 0 Å². The Morgan fingerprint density at radius 1 is 1.53 bits per heavy atom. The Hall–Kier alpha value is -1.36. The van der Waals surface area contributed by atoms with Crippen LogP contribution in [0.1, 0.15) is 24.8 Å². The normalized spacial score (nSPS) is 19.3. The van der Waals surface area contributed by atoms with Gasteiger partial charge < -0.3 is 15.4 Å². The van der Waals surface area contributed by atoms with Crippen LogP contribution in [0.2, 0.25) is 0 Å². The molecular weight excluding hydrogens is 216 g/mol. The fourth-order valence-corrected chi connectivity index (χ4v) is 2.19. The number of rotatable bonds is 5. The molecule has 5 heteroatoms. The number of hydrogen-bond donors (Lipinski definition) is 2. The lowest BCUT2D eigenvalue weighted by atomic mass is 10.1. The molecule has 0 spiro atoms. The maximum absolute atomic E-state index is 5.16. The molecule has 1 saturated heterocycles. The maximum Gasteiger partial charge on any atom is 0.221 e. The number of ether oxygens (including phenoxy) is 1. The van der Waals surface area contributed by atoms with E-state index < -0.39 is 0 Å². The first-order chi connectivity index (χ1) is 8.31. The molecule has 2 heterocycles. The largest absolute Gasteiger partial charge is 0.481 e. The van der Waals surface area contributed by atoms with Crippen molar-refractivity contribution in [2.45, 2.75) is 32.2 Å². The second-order valence-electron chi connectivity index (χ2n) is 4.37. The summed E-state index contributed by atoms with van der Waals surface area (Å²) in [5.41, 5.74) is 0.967. The zero-order valence-corrected chi connectivity index (χ0v) is 10.5. The number of anilines is 1. The number of nitrogens with zero attached hydrogens (tertiary/aromatic N) is 2. The Balaban J connectivity index is 1.85. The molecule has 94 valence electrons. The summed E-state index contributed by atoms with van der Waals surface area (Å²) in [7, 11) is 1.63. The van der Waals surface area contributed by atoms with E-state index in [1.165, 1.54) is 19.2 Å². The summed E-state index contributed by atoms with van der Waals surface area (Å²) in [5, 5.41) is 6.83. The van der Waals surface area contributed by atoms with Gasteiger partial charge in [0.25, 0.3) is 0 Å². The fraction of sp³-hybridized carbons (Fsp3) is 0.667. The van der Waals surface area contributed by atoms with E-state index in [4.69, 9.17) is 4.74 Å². The highest BCUT2D eigenvalue weighted by Crippen LogP contribution is 2.19. The van der Waals surface area contributed by atoms with Crippen molar-refractivity contribution in [2.75, 3.05) is 25.5 Å². The smallest absolute Gasteiger partial charge is 0.221 e. The average molecular weight is 236 g/mol. The second-order valence-corrected chi connectivity index (χ2v) is 4.37. The van der Waals surface area contributed by atoms with Gasteiger partial charge in [-0.15, -0.1) is 0 Å². The Morgan fingerprint density at radius 2 is 2.41 bits per heavy atom. The summed E-state index contributed by atoms with van der Waals surface area (Å²) >= 11 is 0. The second kappa shape index (κ2) is 5.82. The van der Waals surface area contributed by atoms with Crippen molar-refractivity contribution in [3.63, 3.8) is 0 Å². The Labute approximate surface area is 102 Å². The van der Waals surface area contributed by atoms with Crippen molar-refractivity contribution in [1.82, 2.24) is 15.3 Å². The summed E-state index contributed by atoms with van der Waals surface area (Å²) in [6.45, 7) is 4.05. The average Bonchev–Trinajstić information content (AvgIpc) is 2.84. The highest BCUT2D eigenvalue weighted by molar-refractivity contribution is 5.47. The molecule has 0 amide bonds. The quantitative estimate of drug-likeness (QED) is 0.808. The minimum absolute atomic E-state index is 0.640. The highest BCUT2D eigenvalue weighted by Gasteiger charge is 2.13. The summed E-state index contributed by atoms with van der Waals surface area (Å²) in [6, 6.07) is 0.659. The van der Waals surface area contributed by atoms with E-state index in [9.17, 15) is 0 Å². The Morgan fingerprint density at radius 3 is 3.12 bits per heavy atom. The summed E-state index contributed by atoms with van der Waals surface area (Å²) in [6.07, 6.45) is 5.24. The van der Waals surface area contributed by atoms with Crippen LogP contribution in [0.4, 0.5) is 5.82 Å². The molecule has 0 aromatic carbocycles. The summed E-state index contributed by atoms with van der Waals surface area (Å²) < 4.78 is 5.16. The standard InChI is InChI=1S/C12H20N4O/c1-9-11(15-8-16-12(9)17-2)14-7-5-10-4-3-6-13-10/h8,10,13H,3-7H2,1-2H3,(H,14,15,16)/t10-/m1/s1. The predicted molar refractivity (Wildman–Crippen MR) is 67.5 cm³/mol. The fourth-order valence-electron chi connectivity index (χ4n) is 2.19. The molecule has 0 bridgehead atoms. The predicted octanol–water partition coefficient (Wildman–Crippen LogP) is 1.35. The third kappa shape index (κ3) is 3.06. The molecule has 0 radical (unpaired) electrons. The van der Waals surface area contributed by atoms with E-state index in [0.29, 0.717) is 11.9 Å². The number of aromatic nitrogens is 2. The number of methoxy groups -OCH3 is 1. The van der Waals surface area contributed by atoms with Crippen molar-refractivity contribution in [3.8, 4) is 5.88 Å². The molecule has 0 aliphatic carbocycles. The van der Waals surface area contributed by atoms with Crippen LogP contribution in [0.15, 0.2) is 6.33 Å². The summed E-state index contributed by atoms with van der Waals surface area (Å²) in [4.78, 5) is 8.29. The molecule has 1 aromatic rings. The monoisotopic (exact) mass is 236 g/mol. The lowest BCUT2D eigenvalue weighted by Crippen LogP contribution is -2.24. The van der Waals surface area contributed by atoms with E-state index in [1.54, 1.807) is 7.11 Å². The maximum atomic E-state index is 5.16. The van der Waals surface area contributed by atoms with Gasteiger partial charge >= 0.3 is 0 Å². The molecule has 0 unspecified atom stereocenters. The van der Waals surface area contributed by atoms with Crippen LogP contribution >= 0.6 is 0 Å². The number of nitrogens with one attached hydrogen (secondary N) is 2. The van der Waals surface area contributed by atoms with Gasteiger partial charge in [-0.05, 0) is 32.7 Å². The minimum atomic E-state index is 0.640. The third-order valence-electron chi connectivity index (χ3n) is 3.18. The van der Waals surface area contributed by atoms with Crippen LogP contribution in [0.5, 0.6) is 5.88 Å². The molecular formula is C12H20N4O. The Kier molecular flexibility index (Phi) is 4.14. The van der Waals surface area contributed by atoms with Crippen molar-refractivity contribution < 1.29 is 4.74 Å². The van der Waals surface area contributed by atoms with Gasteiger partial charge in [-0.25, -0.2) is 9.97 Å². The molecule has 0 saturated carbocycles. The van der Waals surface area contributed by atoms with Crippen molar-refractivity contribution in [2.24, 2.45) is 0 Å². The van der Waals surface area contributed by atoms with Gasteiger partial charge in [0.2, 0.25) is 5.88 Å². The molecule has 5 nitrogen and oxygen atoms in total. The first-order valence-corrected chi connectivity index (χ1v) is 6.14. The van der Waals surface area contributed by atoms with Crippen molar-refractivity contribution in [1.29, 1.82) is 0 Å². The molecule has 1 fully saturated rings. The van der Waals surface area contributed by atoms with Gasteiger partial charge in [0, 0.05) is 12.6 Å².